The number of sulfonamides is 1. The normalized spacial score (nSPS) is 20.4. The van der Waals surface area contributed by atoms with Crippen LogP contribution >= 0.6 is 0 Å². The molecule has 2 heterocycles. The van der Waals surface area contributed by atoms with E-state index in [4.69, 9.17) is 18.9 Å². The molecule has 2 aliphatic heterocycles. The molecular weight excluding hydrogens is 676 g/mol. The average molecular weight is 725 g/mol. The first-order valence-corrected chi connectivity index (χ1v) is 18.7. The minimum absolute atomic E-state index is 0.0920. The Morgan fingerprint density at radius 3 is 2.45 bits per heavy atom. The maximum atomic E-state index is 14.4. The summed E-state index contributed by atoms with van der Waals surface area (Å²) in [4.78, 5) is 30.9. The molecule has 0 bridgehead atoms. The first-order valence-electron chi connectivity index (χ1n) is 17.2. The number of carbonyl (C=O) groups excluding carboxylic acids is 2. The lowest BCUT2D eigenvalue weighted by atomic mass is 10.0. The number of aliphatic hydroxyl groups excluding tert-OH is 1. The summed E-state index contributed by atoms with van der Waals surface area (Å²) in [6.45, 7) is 8.14. The molecule has 3 amide bonds. The van der Waals surface area contributed by atoms with Crippen LogP contribution < -0.4 is 24.2 Å². The second-order valence-corrected chi connectivity index (χ2v) is 15.0. The summed E-state index contributed by atoms with van der Waals surface area (Å²) >= 11 is 0. The van der Waals surface area contributed by atoms with E-state index in [9.17, 15) is 23.1 Å². The van der Waals surface area contributed by atoms with Gasteiger partial charge in [-0.15, -0.1) is 0 Å². The minimum Gasteiger partial charge on any atom is -0.490 e. The number of aryl methyl sites for hydroxylation is 1. The van der Waals surface area contributed by atoms with Crippen LogP contribution in [-0.4, -0.2) is 93.7 Å². The Hall–Kier alpha value is -4.53. The number of aliphatic hydroxyl groups is 1. The van der Waals surface area contributed by atoms with Crippen molar-refractivity contribution in [3.63, 3.8) is 0 Å². The van der Waals surface area contributed by atoms with Crippen LogP contribution in [0.3, 0.4) is 0 Å². The van der Waals surface area contributed by atoms with Crippen molar-refractivity contribution in [2.45, 2.75) is 70.1 Å². The van der Waals surface area contributed by atoms with Crippen molar-refractivity contribution < 1.29 is 42.1 Å². The third-order valence-corrected chi connectivity index (χ3v) is 10.5. The third-order valence-electron chi connectivity index (χ3n) is 9.06. The van der Waals surface area contributed by atoms with E-state index in [0.717, 1.165) is 18.4 Å². The number of hydrogen-bond acceptors (Lipinski definition) is 9. The number of carbonyl (C=O) groups is 2. The van der Waals surface area contributed by atoms with E-state index in [-0.39, 0.29) is 60.7 Å². The first-order chi connectivity index (χ1) is 24.3. The van der Waals surface area contributed by atoms with Crippen molar-refractivity contribution in [3.05, 3.63) is 71.8 Å². The van der Waals surface area contributed by atoms with Gasteiger partial charge in [0.1, 0.15) is 5.75 Å². The summed E-state index contributed by atoms with van der Waals surface area (Å²) in [5.74, 6) is 0.768. The topological polar surface area (TPSA) is 156 Å². The van der Waals surface area contributed by atoms with Crippen LogP contribution in [0.25, 0.3) is 0 Å². The van der Waals surface area contributed by atoms with Gasteiger partial charge in [-0.25, -0.2) is 13.2 Å². The third kappa shape index (κ3) is 9.63. The zero-order valence-corrected chi connectivity index (χ0v) is 30.6. The number of urea groups is 1. The Bertz CT molecular complexity index is 1790. The molecule has 276 valence electrons. The van der Waals surface area contributed by atoms with E-state index in [1.54, 1.807) is 61.3 Å². The van der Waals surface area contributed by atoms with Gasteiger partial charge in [-0.3, -0.25) is 9.52 Å². The maximum absolute atomic E-state index is 14.4. The number of hydrogen-bond donors (Lipinski definition) is 3. The largest absolute Gasteiger partial charge is 0.490 e. The number of amides is 3. The van der Waals surface area contributed by atoms with Crippen molar-refractivity contribution in [2.75, 3.05) is 50.2 Å². The molecular formula is C37H48N4O9S. The van der Waals surface area contributed by atoms with Crippen molar-refractivity contribution >= 4 is 33.3 Å². The predicted molar refractivity (Wildman–Crippen MR) is 193 cm³/mol. The van der Waals surface area contributed by atoms with Crippen molar-refractivity contribution in [1.82, 2.24) is 9.80 Å². The van der Waals surface area contributed by atoms with Gasteiger partial charge in [0.05, 0.1) is 35.3 Å². The molecule has 2 aliphatic rings. The van der Waals surface area contributed by atoms with E-state index in [2.05, 4.69) is 10.0 Å². The maximum Gasteiger partial charge on any atom is 0.321 e. The van der Waals surface area contributed by atoms with Gasteiger partial charge in [0.25, 0.3) is 15.9 Å². The molecule has 0 aliphatic carbocycles. The molecule has 0 fully saturated rings. The van der Waals surface area contributed by atoms with E-state index in [1.807, 2.05) is 20.8 Å². The number of fused-ring (bicyclic) bond motifs is 2. The smallest absolute Gasteiger partial charge is 0.321 e. The van der Waals surface area contributed by atoms with Crippen LogP contribution in [0.5, 0.6) is 17.2 Å². The highest BCUT2D eigenvalue weighted by molar-refractivity contribution is 7.92. The number of rotatable bonds is 8. The van der Waals surface area contributed by atoms with E-state index in [0.29, 0.717) is 36.0 Å². The van der Waals surface area contributed by atoms with Gasteiger partial charge in [-0.05, 0) is 82.5 Å². The first kappa shape index (κ1) is 37.7. The van der Waals surface area contributed by atoms with Crippen LogP contribution in [0.15, 0.2) is 65.6 Å². The van der Waals surface area contributed by atoms with Gasteiger partial charge >= 0.3 is 6.03 Å². The molecule has 14 heteroatoms. The van der Waals surface area contributed by atoms with Crippen molar-refractivity contribution in [1.29, 1.82) is 0 Å². The molecule has 0 radical (unpaired) electrons. The lowest BCUT2D eigenvalue weighted by Gasteiger charge is -2.35. The highest BCUT2D eigenvalue weighted by Gasteiger charge is 2.31. The van der Waals surface area contributed by atoms with Gasteiger partial charge in [0, 0.05) is 50.1 Å². The molecule has 0 spiro atoms. The molecule has 0 aromatic heterocycles. The van der Waals surface area contributed by atoms with Crippen LogP contribution in [-0.2, 0) is 14.8 Å². The molecule has 0 unspecified atom stereocenters. The zero-order chi connectivity index (χ0) is 36.7. The Kier molecular flexibility index (Phi) is 12.3. The fraction of sp³-hybridized carbons (Fsp3) is 0.459. The van der Waals surface area contributed by atoms with Crippen molar-refractivity contribution in [3.8, 4) is 17.2 Å². The number of likely N-dealkylation sites (N-methyl/N-ethyl adjacent to an activating group) is 1. The summed E-state index contributed by atoms with van der Waals surface area (Å²) in [6, 6.07) is 15.4. The molecule has 0 saturated carbocycles. The second-order valence-electron chi connectivity index (χ2n) is 13.3. The van der Waals surface area contributed by atoms with Crippen LogP contribution in [0.2, 0.25) is 0 Å². The van der Waals surface area contributed by atoms with E-state index < -0.39 is 28.1 Å². The number of anilines is 2. The number of ether oxygens (including phenoxy) is 4. The van der Waals surface area contributed by atoms with Crippen LogP contribution in [0, 0.1) is 12.8 Å². The lowest BCUT2D eigenvalue weighted by Crippen LogP contribution is -2.48. The van der Waals surface area contributed by atoms with Gasteiger partial charge in [-0.1, -0.05) is 24.6 Å². The minimum atomic E-state index is -3.95. The van der Waals surface area contributed by atoms with Crippen LogP contribution in [0.1, 0.15) is 56.0 Å². The number of nitrogens with zero attached hydrogens (tertiary/aromatic N) is 2. The van der Waals surface area contributed by atoms with Gasteiger partial charge in [0.15, 0.2) is 11.5 Å². The fourth-order valence-electron chi connectivity index (χ4n) is 5.93. The predicted octanol–water partition coefficient (Wildman–Crippen LogP) is 5.48. The van der Waals surface area contributed by atoms with Gasteiger partial charge < -0.3 is 39.2 Å². The standard InChI is InChI=1S/C37H48N4O9S/c1-24-9-13-30(14-10-24)51(45,46)39-29-12-15-32-31(18-29)36(43)41(26(3)22-42)20-25(2)35(47-17-7-6-8-27(4)50-32)21-40(5)37(44)38-28-11-16-33-34(19-28)49-23-48-33/h9-16,18-19,25-27,35,39,42H,6-8,17,20-23H2,1-5H3,(H,38,44)/t25-,26-,27+,35+/m0/s1. The molecule has 3 aromatic rings. The zero-order valence-electron chi connectivity index (χ0n) is 29.8. The monoisotopic (exact) mass is 724 g/mol. The Balaban J connectivity index is 1.39. The highest BCUT2D eigenvalue weighted by Crippen LogP contribution is 2.34. The molecule has 3 aromatic carbocycles. The van der Waals surface area contributed by atoms with E-state index >= 15 is 0 Å². The molecule has 3 N–H and O–H groups in total. The Morgan fingerprint density at radius 1 is 1.00 bits per heavy atom. The quantitative estimate of drug-likeness (QED) is 0.274. The Morgan fingerprint density at radius 2 is 1.71 bits per heavy atom. The molecule has 4 atom stereocenters. The van der Waals surface area contributed by atoms with Gasteiger partial charge in [0.2, 0.25) is 6.79 Å². The second kappa shape index (κ2) is 16.7. The fourth-order valence-corrected chi connectivity index (χ4v) is 6.98. The summed E-state index contributed by atoms with van der Waals surface area (Å²) in [7, 11) is -2.27. The number of nitrogens with one attached hydrogen (secondary N) is 2. The van der Waals surface area contributed by atoms with Crippen LogP contribution in [0.4, 0.5) is 16.2 Å². The molecule has 13 nitrogen and oxygen atoms in total. The summed E-state index contributed by atoms with van der Waals surface area (Å²) in [6.07, 6.45) is 1.54. The van der Waals surface area contributed by atoms with E-state index in [1.165, 1.54) is 23.1 Å². The van der Waals surface area contributed by atoms with Crippen molar-refractivity contribution in [2.24, 2.45) is 5.92 Å². The average Bonchev–Trinajstić information content (AvgIpc) is 3.57. The summed E-state index contributed by atoms with van der Waals surface area (Å²) in [5.41, 5.74) is 1.84. The molecule has 0 saturated heterocycles. The molecule has 5 rings (SSSR count). The Labute approximate surface area is 299 Å². The lowest BCUT2D eigenvalue weighted by molar-refractivity contribution is -0.0115. The SMILES string of the molecule is Cc1ccc(S(=O)(=O)Nc2ccc3c(c2)C(=O)N([C@@H](C)CO)C[C@H](C)[C@@H](CN(C)C(=O)Nc2ccc4c(c2)OCO4)OCCCC[C@@H](C)O3)cc1. The highest BCUT2D eigenvalue weighted by atomic mass is 32.2. The van der Waals surface area contributed by atoms with Gasteiger partial charge in [-0.2, -0.15) is 0 Å². The summed E-state index contributed by atoms with van der Waals surface area (Å²) < 4.78 is 52.5. The molecule has 51 heavy (non-hydrogen) atoms. The summed E-state index contributed by atoms with van der Waals surface area (Å²) in [5, 5.41) is 13.2. The number of benzene rings is 3.